The van der Waals surface area contributed by atoms with Crippen LogP contribution in [0.3, 0.4) is 0 Å². The lowest BCUT2D eigenvalue weighted by molar-refractivity contribution is -0.279. The molecule has 31 heavy (non-hydrogen) atoms. The van der Waals surface area contributed by atoms with Crippen molar-refractivity contribution in [1.29, 1.82) is 0 Å². The van der Waals surface area contributed by atoms with E-state index in [1.54, 1.807) is 20.8 Å². The molecule has 0 N–H and O–H groups in total. The number of nitrogens with zero attached hydrogens (tertiary/aromatic N) is 1. The summed E-state index contributed by atoms with van der Waals surface area (Å²) in [4.78, 5) is 27.6. The van der Waals surface area contributed by atoms with E-state index in [1.165, 1.54) is 4.90 Å². The smallest absolute Gasteiger partial charge is 0.418 e. The fourth-order valence-electron chi connectivity index (χ4n) is 4.47. The molecule has 0 aromatic rings. The molecule has 1 spiro atoms. The summed E-state index contributed by atoms with van der Waals surface area (Å²) in [6.45, 7) is 18.5. The Hall–Kier alpha value is -1.40. The van der Waals surface area contributed by atoms with Gasteiger partial charge in [0.2, 0.25) is 0 Å². The summed E-state index contributed by atoms with van der Waals surface area (Å²) in [6, 6.07) is 0. The number of imide groups is 1. The maximum atomic E-state index is 13.4. The molecule has 0 aromatic heterocycles. The first-order valence-electron chi connectivity index (χ1n) is 11.7. The Kier molecular flexibility index (Phi) is 8.02. The highest BCUT2D eigenvalue weighted by Gasteiger charge is 2.56. The monoisotopic (exact) mass is 437 g/mol. The summed E-state index contributed by atoms with van der Waals surface area (Å²) >= 11 is 0. The van der Waals surface area contributed by atoms with Crippen LogP contribution in [-0.2, 0) is 19.0 Å². The zero-order valence-corrected chi connectivity index (χ0v) is 21.0. The van der Waals surface area contributed by atoms with E-state index in [0.717, 1.165) is 19.3 Å². The summed E-state index contributed by atoms with van der Waals surface area (Å²) in [5.74, 6) is 0.709. The molecule has 178 valence electrons. The van der Waals surface area contributed by atoms with Crippen molar-refractivity contribution >= 4 is 12.0 Å². The van der Waals surface area contributed by atoms with E-state index >= 15 is 0 Å². The van der Waals surface area contributed by atoms with Crippen LogP contribution in [0.5, 0.6) is 0 Å². The third-order valence-corrected chi connectivity index (χ3v) is 5.73. The summed E-state index contributed by atoms with van der Waals surface area (Å²) in [6.07, 6.45) is 4.92. The minimum absolute atomic E-state index is 0.240. The van der Waals surface area contributed by atoms with Gasteiger partial charge in [-0.1, -0.05) is 33.8 Å². The number of allylic oxidation sites excluding steroid dienone is 1. The average Bonchev–Trinajstić information content (AvgIpc) is 2.85. The number of rotatable bonds is 6. The van der Waals surface area contributed by atoms with E-state index in [9.17, 15) is 9.59 Å². The quantitative estimate of drug-likeness (QED) is 0.499. The Bertz CT molecular complexity index is 667. The van der Waals surface area contributed by atoms with Crippen molar-refractivity contribution in [3.63, 3.8) is 0 Å². The van der Waals surface area contributed by atoms with Crippen molar-refractivity contribution < 1.29 is 23.8 Å². The molecule has 0 aromatic carbocycles. The number of hydrogen-bond donors (Lipinski definition) is 0. The van der Waals surface area contributed by atoms with Crippen LogP contribution in [0.25, 0.3) is 0 Å². The molecule has 2 heterocycles. The number of carbonyl (C=O) groups is 2. The van der Waals surface area contributed by atoms with Crippen molar-refractivity contribution in [2.24, 2.45) is 17.8 Å². The maximum Gasteiger partial charge on any atom is 0.418 e. The highest BCUT2D eigenvalue weighted by Crippen LogP contribution is 2.41. The number of amides is 2. The molecule has 2 amide bonds. The molecule has 0 radical (unpaired) electrons. The lowest BCUT2D eigenvalue weighted by Crippen LogP contribution is -2.61. The Morgan fingerprint density at radius 3 is 2.06 bits per heavy atom. The molecule has 2 aliphatic heterocycles. The molecule has 0 unspecified atom stereocenters. The molecule has 2 saturated heterocycles. The maximum absolute atomic E-state index is 13.4. The molecule has 6 nitrogen and oxygen atoms in total. The highest BCUT2D eigenvalue weighted by molar-refractivity contribution is 6.06. The standard InChI is InChI=1S/C25H43NO5/c1-17(2)12-19(13-18(3)4)10-11-20-14-25(15-29-24(8,9)30-16-25)26(21(20)27)22(28)31-23(5,6)7/h11,17-19H,10,12-16H2,1-9H3/b20-11-. The van der Waals surface area contributed by atoms with Gasteiger partial charge >= 0.3 is 6.09 Å². The molecular weight excluding hydrogens is 394 g/mol. The Morgan fingerprint density at radius 2 is 1.61 bits per heavy atom. The number of hydrogen-bond acceptors (Lipinski definition) is 5. The minimum Gasteiger partial charge on any atom is -0.443 e. The predicted molar refractivity (Wildman–Crippen MR) is 122 cm³/mol. The van der Waals surface area contributed by atoms with Crippen molar-refractivity contribution in [1.82, 2.24) is 4.90 Å². The topological polar surface area (TPSA) is 65.1 Å². The summed E-state index contributed by atoms with van der Waals surface area (Å²) in [5, 5.41) is 0. The van der Waals surface area contributed by atoms with Gasteiger partial charge in [0.05, 0.1) is 13.2 Å². The first-order valence-corrected chi connectivity index (χ1v) is 11.7. The molecule has 0 aliphatic carbocycles. The van der Waals surface area contributed by atoms with Crippen LogP contribution in [0.2, 0.25) is 0 Å². The van der Waals surface area contributed by atoms with E-state index in [1.807, 2.05) is 19.9 Å². The van der Waals surface area contributed by atoms with Crippen LogP contribution in [0.4, 0.5) is 4.79 Å². The summed E-state index contributed by atoms with van der Waals surface area (Å²) < 4.78 is 17.4. The van der Waals surface area contributed by atoms with Gasteiger partial charge in [0, 0.05) is 12.0 Å². The van der Waals surface area contributed by atoms with Gasteiger partial charge in [-0.2, -0.15) is 0 Å². The molecule has 2 rings (SSSR count). The first kappa shape index (κ1) is 25.9. The van der Waals surface area contributed by atoms with Crippen molar-refractivity contribution in [3.05, 3.63) is 11.6 Å². The lowest BCUT2D eigenvalue weighted by atomic mass is 9.86. The SMILES string of the molecule is CC(C)CC(C/C=C1/CC2(COC(C)(C)OC2)N(C(=O)OC(C)(C)C)C1=O)CC(C)C. The fourth-order valence-corrected chi connectivity index (χ4v) is 4.47. The fraction of sp³-hybridized carbons (Fsp3) is 0.840. The first-order chi connectivity index (χ1) is 14.1. The second kappa shape index (κ2) is 9.62. The zero-order chi connectivity index (χ0) is 23.6. The highest BCUT2D eigenvalue weighted by atomic mass is 16.7. The third kappa shape index (κ3) is 7.04. The van der Waals surface area contributed by atoms with Crippen molar-refractivity contribution in [2.45, 2.75) is 105 Å². The lowest BCUT2D eigenvalue weighted by Gasteiger charge is -2.44. The molecule has 0 atom stereocenters. The van der Waals surface area contributed by atoms with Crippen LogP contribution in [0.1, 0.15) is 88.0 Å². The van der Waals surface area contributed by atoms with E-state index in [2.05, 4.69) is 27.7 Å². The van der Waals surface area contributed by atoms with Crippen LogP contribution in [0.15, 0.2) is 11.6 Å². The second-order valence-corrected chi connectivity index (χ2v) is 11.6. The van der Waals surface area contributed by atoms with E-state index < -0.39 is 23.0 Å². The van der Waals surface area contributed by atoms with E-state index in [4.69, 9.17) is 14.2 Å². The Labute approximate surface area is 188 Å². The summed E-state index contributed by atoms with van der Waals surface area (Å²) in [7, 11) is 0. The molecule has 0 saturated carbocycles. The molecule has 6 heteroatoms. The van der Waals surface area contributed by atoms with Gasteiger partial charge in [0.1, 0.15) is 11.1 Å². The molecular formula is C25H43NO5. The normalized spacial score (nSPS) is 22.4. The Morgan fingerprint density at radius 1 is 1.10 bits per heavy atom. The number of likely N-dealkylation sites (tertiary alicyclic amines) is 1. The van der Waals surface area contributed by atoms with Gasteiger partial charge in [-0.05, 0) is 71.6 Å². The third-order valence-electron chi connectivity index (χ3n) is 5.73. The van der Waals surface area contributed by atoms with Crippen molar-refractivity contribution in [2.75, 3.05) is 13.2 Å². The van der Waals surface area contributed by atoms with Gasteiger partial charge in [-0.15, -0.1) is 0 Å². The summed E-state index contributed by atoms with van der Waals surface area (Å²) in [5.41, 5.74) is -0.887. The predicted octanol–water partition coefficient (Wildman–Crippen LogP) is 5.70. The van der Waals surface area contributed by atoms with Crippen molar-refractivity contribution in [3.8, 4) is 0 Å². The van der Waals surface area contributed by atoms with Crippen LogP contribution < -0.4 is 0 Å². The Balaban J connectivity index is 2.28. The van der Waals surface area contributed by atoms with Gasteiger partial charge in [-0.25, -0.2) is 9.69 Å². The van der Waals surface area contributed by atoms with Gasteiger partial charge < -0.3 is 14.2 Å². The minimum atomic E-state index is -0.855. The zero-order valence-electron chi connectivity index (χ0n) is 21.0. The van der Waals surface area contributed by atoms with Gasteiger partial charge in [0.25, 0.3) is 5.91 Å². The molecule has 0 bridgehead atoms. The molecule has 2 fully saturated rings. The van der Waals surface area contributed by atoms with Crippen LogP contribution >= 0.6 is 0 Å². The van der Waals surface area contributed by atoms with Gasteiger partial charge in [0.15, 0.2) is 5.79 Å². The largest absolute Gasteiger partial charge is 0.443 e. The van der Waals surface area contributed by atoms with Crippen LogP contribution in [0, 0.1) is 17.8 Å². The van der Waals surface area contributed by atoms with E-state index in [0.29, 0.717) is 29.7 Å². The van der Waals surface area contributed by atoms with E-state index in [-0.39, 0.29) is 19.1 Å². The molecule has 2 aliphatic rings. The number of carbonyl (C=O) groups excluding carboxylic acids is 2. The number of ether oxygens (including phenoxy) is 3. The van der Waals surface area contributed by atoms with Gasteiger partial charge in [-0.3, -0.25) is 4.79 Å². The average molecular weight is 438 g/mol. The second-order valence-electron chi connectivity index (χ2n) is 11.6. The van der Waals surface area contributed by atoms with Crippen LogP contribution in [-0.4, -0.2) is 47.0 Å².